The van der Waals surface area contributed by atoms with Gasteiger partial charge in [0.2, 0.25) is 0 Å². The highest BCUT2D eigenvalue weighted by atomic mass is 15.3. The second kappa shape index (κ2) is 6.13. The lowest BCUT2D eigenvalue weighted by Gasteiger charge is -2.08. The van der Waals surface area contributed by atoms with Gasteiger partial charge in [0.25, 0.3) is 0 Å². The van der Waals surface area contributed by atoms with Crippen molar-refractivity contribution in [3.63, 3.8) is 0 Å². The zero-order valence-corrected chi connectivity index (χ0v) is 11.7. The second-order valence-corrected chi connectivity index (χ2v) is 4.61. The summed E-state index contributed by atoms with van der Waals surface area (Å²) in [7, 11) is 0. The Kier molecular flexibility index (Phi) is 3.86. The smallest absolute Gasteiger partial charge is 0.184 e. The highest BCUT2D eigenvalue weighted by Gasteiger charge is 2.10. The number of hydrogen-bond acceptors (Lipinski definition) is 5. The van der Waals surface area contributed by atoms with Gasteiger partial charge in [-0.2, -0.15) is 15.4 Å². The Morgan fingerprint density at radius 1 is 1.10 bits per heavy atom. The highest BCUT2D eigenvalue weighted by Crippen LogP contribution is 2.22. The lowest BCUT2D eigenvalue weighted by molar-refractivity contribution is 0.936. The molecule has 0 atom stereocenters. The van der Waals surface area contributed by atoms with E-state index >= 15 is 0 Å². The fourth-order valence-corrected chi connectivity index (χ4v) is 1.97. The van der Waals surface area contributed by atoms with E-state index in [-0.39, 0.29) is 0 Å². The van der Waals surface area contributed by atoms with Crippen LogP contribution < -0.4 is 5.32 Å². The van der Waals surface area contributed by atoms with Crippen molar-refractivity contribution in [2.45, 2.75) is 13.3 Å². The van der Waals surface area contributed by atoms with Gasteiger partial charge in [-0.05, 0) is 6.42 Å². The van der Waals surface area contributed by atoms with E-state index in [9.17, 15) is 0 Å². The van der Waals surface area contributed by atoms with Crippen LogP contribution in [0.1, 0.15) is 13.3 Å². The standard InChI is InChI=1S/C15H16N6/c1-2-8-16-14-9-12(11-6-4-3-5-7-11)18-15(19-14)13-10-17-21-20-13/h3-7,9-10H,2,8H2,1H3,(H,16,18,19)(H,17,20,21). The third-order valence-electron chi connectivity index (χ3n) is 3.00. The molecule has 2 aromatic heterocycles. The molecule has 3 aromatic rings. The number of aromatic nitrogens is 5. The molecular formula is C15H16N6. The summed E-state index contributed by atoms with van der Waals surface area (Å²) in [5, 5.41) is 13.8. The minimum Gasteiger partial charge on any atom is -0.370 e. The maximum absolute atomic E-state index is 4.58. The molecule has 3 rings (SSSR count). The van der Waals surface area contributed by atoms with E-state index in [1.165, 1.54) is 0 Å². The molecule has 2 N–H and O–H groups in total. The maximum Gasteiger partial charge on any atom is 0.184 e. The van der Waals surface area contributed by atoms with Gasteiger partial charge >= 0.3 is 0 Å². The van der Waals surface area contributed by atoms with E-state index in [1.807, 2.05) is 36.4 Å². The van der Waals surface area contributed by atoms with Gasteiger partial charge in [-0.15, -0.1) is 0 Å². The third kappa shape index (κ3) is 3.05. The zero-order chi connectivity index (χ0) is 14.5. The quantitative estimate of drug-likeness (QED) is 0.751. The van der Waals surface area contributed by atoms with Crippen molar-refractivity contribution in [1.82, 2.24) is 25.4 Å². The molecule has 21 heavy (non-hydrogen) atoms. The molecule has 0 aliphatic carbocycles. The van der Waals surface area contributed by atoms with Crippen molar-refractivity contribution >= 4 is 5.82 Å². The van der Waals surface area contributed by atoms with E-state index in [1.54, 1.807) is 6.20 Å². The van der Waals surface area contributed by atoms with Crippen LogP contribution in [-0.2, 0) is 0 Å². The maximum atomic E-state index is 4.58. The Hall–Kier alpha value is -2.76. The molecular weight excluding hydrogens is 264 g/mol. The molecule has 0 aliphatic heterocycles. The number of hydrogen-bond donors (Lipinski definition) is 2. The number of anilines is 1. The fourth-order valence-electron chi connectivity index (χ4n) is 1.97. The average molecular weight is 280 g/mol. The van der Waals surface area contributed by atoms with Crippen LogP contribution in [0.4, 0.5) is 5.82 Å². The van der Waals surface area contributed by atoms with Crippen LogP contribution in [0.3, 0.4) is 0 Å². The van der Waals surface area contributed by atoms with Crippen molar-refractivity contribution in [1.29, 1.82) is 0 Å². The van der Waals surface area contributed by atoms with Crippen molar-refractivity contribution in [2.24, 2.45) is 0 Å². The van der Waals surface area contributed by atoms with Gasteiger partial charge in [-0.1, -0.05) is 37.3 Å². The van der Waals surface area contributed by atoms with Gasteiger partial charge in [0, 0.05) is 18.2 Å². The number of rotatable bonds is 5. The summed E-state index contributed by atoms with van der Waals surface area (Å²) >= 11 is 0. The van der Waals surface area contributed by atoms with Crippen LogP contribution in [0.5, 0.6) is 0 Å². The SMILES string of the molecule is CCCNc1cc(-c2ccccc2)nc(-c2cn[nH]n2)n1. The predicted octanol–water partition coefficient (Wildman–Crippen LogP) is 2.75. The van der Waals surface area contributed by atoms with Gasteiger partial charge in [-0.3, -0.25) is 0 Å². The summed E-state index contributed by atoms with van der Waals surface area (Å²) in [4.78, 5) is 9.07. The lowest BCUT2D eigenvalue weighted by atomic mass is 10.1. The molecule has 0 bridgehead atoms. The van der Waals surface area contributed by atoms with Gasteiger partial charge in [-0.25, -0.2) is 9.97 Å². The Morgan fingerprint density at radius 2 is 1.95 bits per heavy atom. The van der Waals surface area contributed by atoms with Gasteiger partial charge in [0.05, 0.1) is 11.9 Å². The van der Waals surface area contributed by atoms with E-state index in [4.69, 9.17) is 0 Å². The topological polar surface area (TPSA) is 79.4 Å². The summed E-state index contributed by atoms with van der Waals surface area (Å²) in [6.45, 7) is 2.98. The number of benzene rings is 1. The van der Waals surface area contributed by atoms with Gasteiger partial charge in [0.15, 0.2) is 5.82 Å². The Labute approximate surface area is 122 Å². The molecule has 2 heterocycles. The molecule has 0 saturated heterocycles. The zero-order valence-electron chi connectivity index (χ0n) is 11.7. The van der Waals surface area contributed by atoms with E-state index in [0.717, 1.165) is 30.0 Å². The number of aromatic amines is 1. The predicted molar refractivity (Wildman–Crippen MR) is 81.6 cm³/mol. The fraction of sp³-hybridized carbons (Fsp3) is 0.200. The molecule has 0 amide bonds. The molecule has 6 nitrogen and oxygen atoms in total. The van der Waals surface area contributed by atoms with Crippen LogP contribution in [0, 0.1) is 0 Å². The molecule has 106 valence electrons. The molecule has 0 unspecified atom stereocenters. The molecule has 0 aliphatic rings. The van der Waals surface area contributed by atoms with Gasteiger partial charge < -0.3 is 5.32 Å². The van der Waals surface area contributed by atoms with Gasteiger partial charge in [0.1, 0.15) is 11.5 Å². The minimum atomic E-state index is 0.559. The molecule has 0 radical (unpaired) electrons. The lowest BCUT2D eigenvalue weighted by Crippen LogP contribution is -2.04. The Morgan fingerprint density at radius 3 is 2.67 bits per heavy atom. The van der Waals surface area contributed by atoms with Crippen LogP contribution in [-0.4, -0.2) is 31.9 Å². The summed E-state index contributed by atoms with van der Waals surface area (Å²) < 4.78 is 0. The first kappa shape index (κ1) is 13.2. The Balaban J connectivity index is 2.05. The summed E-state index contributed by atoms with van der Waals surface area (Å²) in [6, 6.07) is 12.0. The number of nitrogens with zero attached hydrogens (tertiary/aromatic N) is 4. The number of nitrogens with one attached hydrogen (secondary N) is 2. The summed E-state index contributed by atoms with van der Waals surface area (Å²) in [5.74, 6) is 1.35. The van der Waals surface area contributed by atoms with Crippen LogP contribution in [0.15, 0.2) is 42.6 Å². The van der Waals surface area contributed by atoms with Crippen molar-refractivity contribution in [2.75, 3.05) is 11.9 Å². The highest BCUT2D eigenvalue weighted by molar-refractivity contribution is 5.65. The number of H-pyrrole nitrogens is 1. The van der Waals surface area contributed by atoms with E-state index in [2.05, 4.69) is 37.6 Å². The average Bonchev–Trinajstić information content (AvgIpc) is 3.08. The first-order chi connectivity index (χ1) is 10.4. The first-order valence-corrected chi connectivity index (χ1v) is 6.91. The molecule has 1 aromatic carbocycles. The second-order valence-electron chi connectivity index (χ2n) is 4.61. The minimum absolute atomic E-state index is 0.559. The van der Waals surface area contributed by atoms with Crippen LogP contribution in [0.2, 0.25) is 0 Å². The van der Waals surface area contributed by atoms with E-state index in [0.29, 0.717) is 11.5 Å². The van der Waals surface area contributed by atoms with Crippen molar-refractivity contribution < 1.29 is 0 Å². The third-order valence-corrected chi connectivity index (χ3v) is 3.00. The normalized spacial score (nSPS) is 10.5. The molecule has 0 saturated carbocycles. The molecule has 0 fully saturated rings. The largest absolute Gasteiger partial charge is 0.370 e. The summed E-state index contributed by atoms with van der Waals surface area (Å²) in [5.41, 5.74) is 2.54. The molecule has 0 spiro atoms. The Bertz CT molecular complexity index is 693. The van der Waals surface area contributed by atoms with Crippen LogP contribution in [0.25, 0.3) is 22.8 Å². The monoisotopic (exact) mass is 280 g/mol. The van der Waals surface area contributed by atoms with Crippen molar-refractivity contribution in [3.8, 4) is 22.8 Å². The van der Waals surface area contributed by atoms with Crippen molar-refractivity contribution in [3.05, 3.63) is 42.6 Å². The first-order valence-electron chi connectivity index (χ1n) is 6.91. The summed E-state index contributed by atoms with van der Waals surface area (Å²) in [6.07, 6.45) is 2.65. The van der Waals surface area contributed by atoms with Crippen LogP contribution >= 0.6 is 0 Å². The molecule has 6 heteroatoms. The van der Waals surface area contributed by atoms with E-state index < -0.39 is 0 Å².